The normalized spacial score (nSPS) is 11.6. The molecule has 2 aromatic heterocycles. The van der Waals surface area contributed by atoms with Crippen molar-refractivity contribution in [3.63, 3.8) is 0 Å². The number of H-pyrrole nitrogens is 1. The summed E-state index contributed by atoms with van der Waals surface area (Å²) >= 11 is 12.3. The van der Waals surface area contributed by atoms with Gasteiger partial charge in [-0.1, -0.05) is 23.2 Å². The molecule has 0 spiro atoms. The minimum absolute atomic E-state index is 0.0929. The van der Waals surface area contributed by atoms with E-state index in [1.165, 1.54) is 44.6 Å². The fourth-order valence-electron chi connectivity index (χ4n) is 3.21. The highest BCUT2D eigenvalue weighted by Crippen LogP contribution is 2.34. The van der Waals surface area contributed by atoms with Crippen LogP contribution in [0.5, 0.6) is 11.5 Å². The number of furan rings is 1. The summed E-state index contributed by atoms with van der Waals surface area (Å²) in [6.45, 7) is 0. The Kier molecular flexibility index (Phi) is 6.08. The van der Waals surface area contributed by atoms with Crippen LogP contribution in [-0.4, -0.2) is 29.1 Å². The van der Waals surface area contributed by atoms with Crippen LogP contribution in [0.3, 0.4) is 0 Å². The molecule has 33 heavy (non-hydrogen) atoms. The Labute approximate surface area is 196 Å². The van der Waals surface area contributed by atoms with Crippen LogP contribution in [0.15, 0.2) is 51.7 Å². The summed E-state index contributed by atoms with van der Waals surface area (Å²) in [5.74, 6) is 1.47. The first-order chi connectivity index (χ1) is 15.8. The molecule has 0 aliphatic carbocycles. The number of fused-ring (bicyclic) bond motifs is 1. The minimum Gasteiger partial charge on any atom is -0.493 e. The van der Waals surface area contributed by atoms with Gasteiger partial charge in [0.05, 0.1) is 40.6 Å². The Bertz CT molecular complexity index is 1480. The molecular weight excluding hydrogens is 473 g/mol. The second kappa shape index (κ2) is 8.97. The van der Waals surface area contributed by atoms with Crippen LogP contribution < -0.4 is 15.0 Å². The molecule has 0 atom stereocenters. The van der Waals surface area contributed by atoms with Gasteiger partial charge in [0, 0.05) is 23.2 Å². The van der Waals surface area contributed by atoms with Gasteiger partial charge < -0.3 is 18.9 Å². The third-order valence-electron chi connectivity index (χ3n) is 4.75. The summed E-state index contributed by atoms with van der Waals surface area (Å²) in [5, 5.41) is 12.0. The Hall–Kier alpha value is -3.82. The standard InChI is InChI=1S/C22H15Cl2N3O6/c1-31-19-9-14-16(10-20(19)32-2)25-21(26-22(14)28)15(24)8-12-4-6-18(33-12)13-5-3-11(23)7-17(13)27(29)30/h3-10H,1-2H3,(H,25,26,28)/b15-8-. The fourth-order valence-corrected chi connectivity index (χ4v) is 3.58. The predicted molar refractivity (Wildman–Crippen MR) is 125 cm³/mol. The average molecular weight is 488 g/mol. The van der Waals surface area contributed by atoms with Crippen LogP contribution in [-0.2, 0) is 0 Å². The van der Waals surface area contributed by atoms with Gasteiger partial charge in [0.25, 0.3) is 11.2 Å². The molecule has 0 fully saturated rings. The topological polar surface area (TPSA) is 120 Å². The van der Waals surface area contributed by atoms with E-state index in [0.29, 0.717) is 28.2 Å². The van der Waals surface area contributed by atoms with Crippen molar-refractivity contribution in [2.75, 3.05) is 14.2 Å². The molecule has 4 rings (SSSR count). The molecule has 0 saturated carbocycles. The molecule has 0 amide bonds. The Balaban J connectivity index is 1.73. The molecule has 2 heterocycles. The third kappa shape index (κ3) is 4.41. The maximum atomic E-state index is 12.6. The average Bonchev–Trinajstić information content (AvgIpc) is 3.26. The predicted octanol–water partition coefficient (Wildman–Crippen LogP) is 5.50. The number of methoxy groups -OCH3 is 2. The molecule has 0 unspecified atom stereocenters. The number of aromatic nitrogens is 2. The van der Waals surface area contributed by atoms with Gasteiger partial charge in [-0.15, -0.1) is 0 Å². The highest BCUT2D eigenvalue weighted by Gasteiger charge is 2.19. The highest BCUT2D eigenvalue weighted by molar-refractivity contribution is 6.50. The lowest BCUT2D eigenvalue weighted by atomic mass is 10.1. The molecule has 168 valence electrons. The molecule has 0 bridgehead atoms. The van der Waals surface area contributed by atoms with Crippen LogP contribution in [0.1, 0.15) is 11.6 Å². The SMILES string of the molecule is COc1cc2nc(/C(Cl)=C/c3ccc(-c4ccc(Cl)cc4[N+](=O)[O-])o3)[nH]c(=O)c2cc1OC. The lowest BCUT2D eigenvalue weighted by Crippen LogP contribution is -2.11. The number of rotatable bonds is 6. The maximum Gasteiger partial charge on any atom is 0.281 e. The number of nitro groups is 1. The zero-order chi connectivity index (χ0) is 23.7. The number of ether oxygens (including phenoxy) is 2. The first-order valence-electron chi connectivity index (χ1n) is 9.38. The molecule has 2 aromatic carbocycles. The van der Waals surface area contributed by atoms with Crippen molar-refractivity contribution >= 4 is 50.9 Å². The largest absolute Gasteiger partial charge is 0.493 e. The van der Waals surface area contributed by atoms with Gasteiger partial charge >= 0.3 is 0 Å². The number of aromatic amines is 1. The van der Waals surface area contributed by atoms with Crippen molar-refractivity contribution in [1.29, 1.82) is 0 Å². The number of nitrogens with one attached hydrogen (secondary N) is 1. The van der Waals surface area contributed by atoms with Crippen LogP contribution in [0, 0.1) is 10.1 Å². The Morgan fingerprint density at radius 2 is 1.88 bits per heavy atom. The van der Waals surface area contributed by atoms with E-state index in [2.05, 4.69) is 9.97 Å². The lowest BCUT2D eigenvalue weighted by Gasteiger charge is -2.09. The van der Waals surface area contributed by atoms with Crippen LogP contribution in [0.25, 0.3) is 33.3 Å². The quantitative estimate of drug-likeness (QED) is 0.281. The molecule has 4 aromatic rings. The Morgan fingerprint density at radius 1 is 1.15 bits per heavy atom. The molecule has 0 saturated heterocycles. The summed E-state index contributed by atoms with van der Waals surface area (Å²) in [4.78, 5) is 30.4. The molecule has 9 nitrogen and oxygen atoms in total. The summed E-state index contributed by atoms with van der Waals surface area (Å²) in [6.07, 6.45) is 1.44. The molecular formula is C22H15Cl2N3O6. The van der Waals surface area contributed by atoms with Crippen molar-refractivity contribution in [2.24, 2.45) is 0 Å². The molecule has 0 aliphatic heterocycles. The number of hydrogen-bond acceptors (Lipinski definition) is 7. The molecule has 0 radical (unpaired) electrons. The second-order valence-corrected chi connectivity index (χ2v) is 7.60. The first-order valence-corrected chi connectivity index (χ1v) is 10.1. The number of benzene rings is 2. The van der Waals surface area contributed by atoms with Crippen LogP contribution in [0.2, 0.25) is 5.02 Å². The summed E-state index contributed by atoms with van der Waals surface area (Å²) in [7, 11) is 2.94. The summed E-state index contributed by atoms with van der Waals surface area (Å²) in [5.41, 5.74) is 0.0103. The van der Waals surface area contributed by atoms with Crippen molar-refractivity contribution in [1.82, 2.24) is 9.97 Å². The minimum atomic E-state index is -0.542. The van der Waals surface area contributed by atoms with E-state index in [-0.39, 0.29) is 32.9 Å². The van der Waals surface area contributed by atoms with Crippen LogP contribution >= 0.6 is 23.2 Å². The number of nitro benzene ring substituents is 1. The number of halogens is 2. The van der Waals surface area contributed by atoms with E-state index in [4.69, 9.17) is 37.1 Å². The second-order valence-electron chi connectivity index (χ2n) is 6.75. The van der Waals surface area contributed by atoms with Gasteiger partial charge in [-0.25, -0.2) is 4.98 Å². The maximum absolute atomic E-state index is 12.6. The molecule has 11 heteroatoms. The van der Waals surface area contributed by atoms with Crippen LogP contribution in [0.4, 0.5) is 5.69 Å². The van der Waals surface area contributed by atoms with E-state index in [1.807, 2.05) is 0 Å². The van der Waals surface area contributed by atoms with Gasteiger partial charge in [0.2, 0.25) is 0 Å². The first kappa shape index (κ1) is 22.4. The van der Waals surface area contributed by atoms with Crippen molar-refractivity contribution in [2.45, 2.75) is 0 Å². The van der Waals surface area contributed by atoms with E-state index in [9.17, 15) is 14.9 Å². The van der Waals surface area contributed by atoms with E-state index in [0.717, 1.165) is 0 Å². The van der Waals surface area contributed by atoms with Gasteiger partial charge in [-0.3, -0.25) is 14.9 Å². The summed E-state index contributed by atoms with van der Waals surface area (Å²) < 4.78 is 16.2. The van der Waals surface area contributed by atoms with E-state index in [1.54, 1.807) is 18.2 Å². The highest BCUT2D eigenvalue weighted by atomic mass is 35.5. The smallest absolute Gasteiger partial charge is 0.281 e. The van der Waals surface area contributed by atoms with Crippen molar-refractivity contribution in [3.05, 3.63) is 79.5 Å². The van der Waals surface area contributed by atoms with Gasteiger partial charge in [-0.05, 0) is 30.3 Å². The molecule has 1 N–H and O–H groups in total. The van der Waals surface area contributed by atoms with Gasteiger partial charge in [0.1, 0.15) is 11.5 Å². The van der Waals surface area contributed by atoms with E-state index < -0.39 is 10.5 Å². The van der Waals surface area contributed by atoms with E-state index >= 15 is 0 Å². The fraction of sp³-hybridized carbons (Fsp3) is 0.0909. The van der Waals surface area contributed by atoms with Crippen molar-refractivity contribution in [3.8, 4) is 22.8 Å². The molecule has 0 aliphatic rings. The number of hydrogen-bond donors (Lipinski definition) is 1. The lowest BCUT2D eigenvalue weighted by molar-refractivity contribution is -0.384. The summed E-state index contributed by atoms with van der Waals surface area (Å²) in [6, 6.07) is 10.5. The zero-order valence-corrected chi connectivity index (χ0v) is 18.7. The zero-order valence-electron chi connectivity index (χ0n) is 17.2. The third-order valence-corrected chi connectivity index (χ3v) is 5.28. The Morgan fingerprint density at radius 3 is 2.58 bits per heavy atom. The van der Waals surface area contributed by atoms with Crippen molar-refractivity contribution < 1.29 is 18.8 Å². The van der Waals surface area contributed by atoms with Gasteiger partial charge in [0.15, 0.2) is 17.3 Å². The monoisotopic (exact) mass is 487 g/mol. The van der Waals surface area contributed by atoms with Gasteiger partial charge in [-0.2, -0.15) is 0 Å². The number of nitrogens with zero attached hydrogens (tertiary/aromatic N) is 2.